The molecule has 3 aromatic rings. The fourth-order valence-corrected chi connectivity index (χ4v) is 5.33. The molecular formula is C25H20Cl2FN3O5S. The van der Waals surface area contributed by atoms with Gasteiger partial charge in [-0.1, -0.05) is 47.5 Å². The number of carboxylic acid groups (broad SMARTS) is 1. The van der Waals surface area contributed by atoms with E-state index in [1.807, 2.05) is 6.07 Å². The van der Waals surface area contributed by atoms with Crippen molar-refractivity contribution in [3.8, 4) is 6.07 Å². The average Bonchev–Trinajstić information content (AvgIpc) is 2.84. The largest absolute Gasteiger partial charge is 0.480 e. The molecule has 0 fully saturated rings. The Hall–Kier alpha value is -3.49. The monoisotopic (exact) mass is 563 g/mol. The molecule has 0 spiro atoms. The summed E-state index contributed by atoms with van der Waals surface area (Å²) in [6.07, 6.45) is -0.324. The molecule has 0 aliphatic carbocycles. The molecule has 0 saturated carbocycles. The minimum atomic E-state index is -4.32. The normalized spacial score (nSPS) is 12.8. The van der Waals surface area contributed by atoms with Crippen LogP contribution in [0.1, 0.15) is 16.7 Å². The molecule has 0 aromatic heterocycles. The summed E-state index contributed by atoms with van der Waals surface area (Å²) in [6, 6.07) is 14.0. The summed E-state index contributed by atoms with van der Waals surface area (Å²) in [5.74, 6) is -2.77. The summed E-state index contributed by atoms with van der Waals surface area (Å²) in [6.45, 7) is 0. The van der Waals surface area contributed by atoms with E-state index in [9.17, 15) is 27.5 Å². The Morgan fingerprint density at radius 2 is 1.43 bits per heavy atom. The lowest BCUT2D eigenvalue weighted by Gasteiger charge is -2.22. The molecule has 192 valence electrons. The van der Waals surface area contributed by atoms with Crippen LogP contribution in [0, 0.1) is 17.1 Å². The van der Waals surface area contributed by atoms with Crippen LogP contribution in [0.4, 0.5) is 4.39 Å². The van der Waals surface area contributed by atoms with Crippen LogP contribution >= 0.6 is 23.2 Å². The Kier molecular flexibility index (Phi) is 9.23. The van der Waals surface area contributed by atoms with Gasteiger partial charge in [0.25, 0.3) is 0 Å². The third-order valence-electron chi connectivity index (χ3n) is 5.25. The van der Waals surface area contributed by atoms with Crippen LogP contribution in [0.2, 0.25) is 10.0 Å². The van der Waals surface area contributed by atoms with Gasteiger partial charge in [0.15, 0.2) is 0 Å². The Balaban J connectivity index is 1.89. The smallest absolute Gasteiger partial charge is 0.326 e. The number of carbonyl (C=O) groups is 2. The van der Waals surface area contributed by atoms with Crippen LogP contribution in [0.25, 0.3) is 0 Å². The van der Waals surface area contributed by atoms with E-state index in [0.29, 0.717) is 16.7 Å². The van der Waals surface area contributed by atoms with E-state index >= 15 is 0 Å². The van der Waals surface area contributed by atoms with Crippen LogP contribution in [-0.2, 0) is 32.5 Å². The molecule has 2 atom stereocenters. The number of rotatable bonds is 10. The summed E-state index contributed by atoms with van der Waals surface area (Å²) >= 11 is 11.9. The zero-order chi connectivity index (χ0) is 27.2. The Bertz CT molecular complexity index is 1420. The number of carbonyl (C=O) groups excluding carboxylic acids is 1. The number of hydrogen-bond acceptors (Lipinski definition) is 5. The van der Waals surface area contributed by atoms with E-state index in [4.69, 9.17) is 28.5 Å². The molecule has 3 rings (SSSR count). The van der Waals surface area contributed by atoms with Crippen molar-refractivity contribution in [2.45, 2.75) is 29.8 Å². The number of halogens is 3. The molecule has 3 N–H and O–H groups in total. The Morgan fingerprint density at radius 1 is 0.919 bits per heavy atom. The van der Waals surface area contributed by atoms with Crippen LogP contribution in [-0.4, -0.2) is 37.5 Å². The van der Waals surface area contributed by atoms with E-state index in [1.165, 1.54) is 30.3 Å². The van der Waals surface area contributed by atoms with Crippen LogP contribution in [0.15, 0.2) is 71.6 Å². The molecule has 1 amide bonds. The van der Waals surface area contributed by atoms with E-state index in [1.54, 1.807) is 12.1 Å². The first-order valence-electron chi connectivity index (χ1n) is 10.7. The number of nitrogens with zero attached hydrogens (tertiary/aromatic N) is 1. The predicted molar refractivity (Wildman–Crippen MR) is 135 cm³/mol. The van der Waals surface area contributed by atoms with Crippen LogP contribution in [0.3, 0.4) is 0 Å². The van der Waals surface area contributed by atoms with Crippen LogP contribution < -0.4 is 10.0 Å². The van der Waals surface area contributed by atoms with Gasteiger partial charge in [-0.25, -0.2) is 17.6 Å². The van der Waals surface area contributed by atoms with Gasteiger partial charge in [-0.3, -0.25) is 4.79 Å². The summed E-state index contributed by atoms with van der Waals surface area (Å²) in [7, 11) is -4.32. The summed E-state index contributed by atoms with van der Waals surface area (Å²) in [5, 5.41) is 21.1. The number of aliphatic carboxylic acids is 1. The number of nitrogens with one attached hydrogen (secondary N) is 2. The molecule has 0 aliphatic rings. The van der Waals surface area contributed by atoms with Gasteiger partial charge >= 0.3 is 5.97 Å². The number of amides is 1. The van der Waals surface area contributed by atoms with E-state index < -0.39 is 39.8 Å². The highest BCUT2D eigenvalue weighted by molar-refractivity contribution is 7.89. The number of sulfonamides is 1. The van der Waals surface area contributed by atoms with E-state index in [0.717, 1.165) is 24.3 Å². The maximum absolute atomic E-state index is 13.2. The van der Waals surface area contributed by atoms with Crippen molar-refractivity contribution in [1.29, 1.82) is 5.26 Å². The SMILES string of the molecule is N#Cc1ccc(C[C@H](NS(=O)(=O)c2cc(Cl)cc(Cl)c2)C(=O)N[C@@H](Cc2ccc(F)cc2)C(=O)O)cc1. The zero-order valence-electron chi connectivity index (χ0n) is 19.0. The average molecular weight is 564 g/mol. The lowest BCUT2D eigenvalue weighted by Crippen LogP contribution is -2.53. The molecule has 0 saturated heterocycles. The molecule has 0 aliphatic heterocycles. The van der Waals surface area contributed by atoms with Crippen molar-refractivity contribution in [2.24, 2.45) is 0 Å². The summed E-state index contributed by atoms with van der Waals surface area (Å²) < 4.78 is 41.7. The number of benzene rings is 3. The first kappa shape index (κ1) is 28.1. The van der Waals surface area contributed by atoms with Gasteiger partial charge in [-0.2, -0.15) is 9.98 Å². The fraction of sp³-hybridized carbons (Fsp3) is 0.160. The number of carboxylic acids is 1. The second-order valence-electron chi connectivity index (χ2n) is 8.02. The predicted octanol–water partition coefficient (Wildman–Crippen LogP) is 3.71. The second-order valence-corrected chi connectivity index (χ2v) is 10.6. The molecule has 12 heteroatoms. The van der Waals surface area contributed by atoms with Crippen molar-refractivity contribution >= 4 is 45.1 Å². The minimum absolute atomic E-state index is 0.0613. The molecule has 3 aromatic carbocycles. The molecule has 0 radical (unpaired) electrons. The lowest BCUT2D eigenvalue weighted by molar-refractivity contribution is -0.142. The lowest BCUT2D eigenvalue weighted by atomic mass is 10.0. The minimum Gasteiger partial charge on any atom is -0.480 e. The maximum atomic E-state index is 13.2. The maximum Gasteiger partial charge on any atom is 0.326 e. The highest BCUT2D eigenvalue weighted by Crippen LogP contribution is 2.23. The van der Waals surface area contributed by atoms with Crippen molar-refractivity contribution in [3.63, 3.8) is 0 Å². The first-order chi connectivity index (χ1) is 17.5. The van der Waals surface area contributed by atoms with Gasteiger partial charge in [-0.05, 0) is 60.0 Å². The fourth-order valence-electron chi connectivity index (χ4n) is 3.41. The van der Waals surface area contributed by atoms with Crippen molar-refractivity contribution in [2.75, 3.05) is 0 Å². The Morgan fingerprint density at radius 3 is 1.95 bits per heavy atom. The standard InChI is InChI=1S/C25H20Cl2FN3O5S/c26-18-11-19(27)13-21(12-18)37(35,36)31-22(9-15-1-3-17(14-29)4-2-15)24(32)30-23(25(33)34)10-16-5-7-20(28)8-6-16/h1-8,11-13,22-23,31H,9-10H2,(H,30,32)(H,33,34)/t22-,23-/m0/s1. The van der Waals surface area contributed by atoms with Crippen LogP contribution in [0.5, 0.6) is 0 Å². The van der Waals surface area contributed by atoms with Gasteiger partial charge in [0.2, 0.25) is 15.9 Å². The van der Waals surface area contributed by atoms with Gasteiger partial charge in [-0.15, -0.1) is 0 Å². The molecule has 0 unspecified atom stereocenters. The van der Waals surface area contributed by atoms with Gasteiger partial charge in [0, 0.05) is 16.5 Å². The molecule has 0 heterocycles. The molecular weight excluding hydrogens is 544 g/mol. The molecule has 8 nitrogen and oxygen atoms in total. The second kappa shape index (κ2) is 12.2. The molecule has 37 heavy (non-hydrogen) atoms. The van der Waals surface area contributed by atoms with Gasteiger partial charge < -0.3 is 10.4 Å². The van der Waals surface area contributed by atoms with Crippen molar-refractivity contribution < 1.29 is 27.5 Å². The first-order valence-corrected chi connectivity index (χ1v) is 13.0. The summed E-state index contributed by atoms with van der Waals surface area (Å²) in [5.41, 5.74) is 1.33. The van der Waals surface area contributed by atoms with Gasteiger partial charge in [0.05, 0.1) is 16.5 Å². The highest BCUT2D eigenvalue weighted by Gasteiger charge is 2.30. The number of nitriles is 1. The summed E-state index contributed by atoms with van der Waals surface area (Å²) in [4.78, 5) is 24.8. The molecule has 0 bridgehead atoms. The van der Waals surface area contributed by atoms with Crippen molar-refractivity contribution in [1.82, 2.24) is 10.0 Å². The van der Waals surface area contributed by atoms with E-state index in [-0.39, 0.29) is 27.8 Å². The number of hydrogen-bond donors (Lipinski definition) is 3. The third-order valence-corrected chi connectivity index (χ3v) is 7.14. The Labute approximate surface area is 222 Å². The third kappa shape index (κ3) is 8.00. The highest BCUT2D eigenvalue weighted by atomic mass is 35.5. The topological polar surface area (TPSA) is 136 Å². The van der Waals surface area contributed by atoms with Gasteiger partial charge in [0.1, 0.15) is 17.9 Å². The van der Waals surface area contributed by atoms with E-state index in [2.05, 4.69) is 10.0 Å². The quantitative estimate of drug-likeness (QED) is 0.344. The zero-order valence-corrected chi connectivity index (χ0v) is 21.3. The van der Waals surface area contributed by atoms with Crippen molar-refractivity contribution in [3.05, 3.63) is 99.3 Å².